The molecule has 132 valence electrons. The van der Waals surface area contributed by atoms with E-state index in [1.807, 2.05) is 43.3 Å². The number of anilines is 1. The van der Waals surface area contributed by atoms with E-state index in [0.717, 1.165) is 34.9 Å². The molecule has 0 saturated carbocycles. The molecule has 2 aromatic carbocycles. The third-order valence-corrected chi connectivity index (χ3v) is 5.43. The van der Waals surface area contributed by atoms with Gasteiger partial charge in [-0.25, -0.2) is 0 Å². The van der Waals surface area contributed by atoms with Crippen molar-refractivity contribution in [2.75, 3.05) is 11.1 Å². The van der Waals surface area contributed by atoms with Crippen molar-refractivity contribution in [2.45, 2.75) is 50.5 Å². The van der Waals surface area contributed by atoms with Crippen LogP contribution in [0.3, 0.4) is 0 Å². The Morgan fingerprint density at radius 3 is 2.80 bits per heavy atom. The van der Waals surface area contributed by atoms with Crippen molar-refractivity contribution in [1.29, 1.82) is 0 Å². The molecular formula is C21H25NO2S. The van der Waals surface area contributed by atoms with Gasteiger partial charge in [-0.3, -0.25) is 4.79 Å². The molecule has 0 fully saturated rings. The smallest absolute Gasteiger partial charge is 0.265 e. The molecule has 2 aromatic rings. The molecule has 0 aliphatic heterocycles. The number of benzene rings is 2. The fourth-order valence-corrected chi connectivity index (χ4v) is 3.95. The number of carbonyl (C=O) groups is 1. The standard InChI is InChI=1S/C21H25NO2S/c1-3-25-20-14-7-6-12-18(20)22-21(23)15(2)24-19-13-8-10-16-9-4-5-11-17(16)19/h6-8,10,12-15H,3-5,9,11H2,1-2H3,(H,22,23). The number of thioether (sulfide) groups is 1. The van der Waals surface area contributed by atoms with Gasteiger partial charge in [-0.1, -0.05) is 31.2 Å². The summed E-state index contributed by atoms with van der Waals surface area (Å²) in [5.74, 6) is 1.71. The van der Waals surface area contributed by atoms with Crippen LogP contribution in [-0.4, -0.2) is 17.8 Å². The Morgan fingerprint density at radius 2 is 1.96 bits per heavy atom. The minimum Gasteiger partial charge on any atom is -0.481 e. The van der Waals surface area contributed by atoms with Gasteiger partial charge in [-0.05, 0) is 67.7 Å². The van der Waals surface area contributed by atoms with Gasteiger partial charge in [0.25, 0.3) is 5.91 Å². The Bertz CT molecular complexity index is 744. The third kappa shape index (κ3) is 4.37. The van der Waals surface area contributed by atoms with Crippen molar-refractivity contribution >= 4 is 23.4 Å². The second kappa shape index (κ2) is 8.43. The van der Waals surface area contributed by atoms with E-state index in [1.165, 1.54) is 24.0 Å². The second-order valence-corrected chi connectivity index (χ2v) is 7.59. The molecule has 1 amide bonds. The van der Waals surface area contributed by atoms with Crippen LogP contribution < -0.4 is 10.1 Å². The first kappa shape index (κ1) is 17.9. The maximum Gasteiger partial charge on any atom is 0.265 e. The summed E-state index contributed by atoms with van der Waals surface area (Å²) in [5, 5.41) is 3.01. The molecule has 0 saturated heterocycles. The van der Waals surface area contributed by atoms with E-state index < -0.39 is 6.10 Å². The van der Waals surface area contributed by atoms with Crippen LogP contribution in [0.25, 0.3) is 0 Å². The van der Waals surface area contributed by atoms with Crippen LogP contribution in [0, 0.1) is 0 Å². The Labute approximate surface area is 154 Å². The maximum absolute atomic E-state index is 12.6. The van der Waals surface area contributed by atoms with Crippen LogP contribution >= 0.6 is 11.8 Å². The summed E-state index contributed by atoms with van der Waals surface area (Å²) >= 11 is 1.72. The molecular weight excluding hydrogens is 330 g/mol. The number of para-hydroxylation sites is 1. The average Bonchev–Trinajstić information content (AvgIpc) is 2.64. The fraction of sp³-hybridized carbons (Fsp3) is 0.381. The Kier molecular flexibility index (Phi) is 6.03. The summed E-state index contributed by atoms with van der Waals surface area (Å²) in [6, 6.07) is 14.1. The number of hydrogen-bond donors (Lipinski definition) is 1. The van der Waals surface area contributed by atoms with E-state index >= 15 is 0 Å². The molecule has 1 aliphatic rings. The Balaban J connectivity index is 1.70. The first-order valence-corrected chi connectivity index (χ1v) is 9.97. The lowest BCUT2D eigenvalue weighted by molar-refractivity contribution is -0.122. The SMILES string of the molecule is CCSc1ccccc1NC(=O)C(C)Oc1cccc2c1CCCC2. The molecule has 0 spiro atoms. The van der Waals surface area contributed by atoms with Gasteiger partial charge in [-0.2, -0.15) is 0 Å². The molecule has 0 bridgehead atoms. The lowest BCUT2D eigenvalue weighted by atomic mass is 9.91. The zero-order chi connectivity index (χ0) is 17.6. The Hall–Kier alpha value is -1.94. The van der Waals surface area contributed by atoms with Crippen molar-refractivity contribution in [1.82, 2.24) is 0 Å². The van der Waals surface area contributed by atoms with Gasteiger partial charge in [0, 0.05) is 4.90 Å². The molecule has 4 heteroatoms. The third-order valence-electron chi connectivity index (χ3n) is 4.47. The van der Waals surface area contributed by atoms with E-state index in [4.69, 9.17) is 4.74 Å². The molecule has 1 atom stereocenters. The van der Waals surface area contributed by atoms with Crippen molar-refractivity contribution in [3.63, 3.8) is 0 Å². The molecule has 3 rings (SSSR count). The highest BCUT2D eigenvalue weighted by atomic mass is 32.2. The summed E-state index contributed by atoms with van der Waals surface area (Å²) in [6.07, 6.45) is 4.03. The first-order chi connectivity index (χ1) is 12.2. The topological polar surface area (TPSA) is 38.3 Å². The van der Waals surface area contributed by atoms with Crippen LogP contribution in [0.2, 0.25) is 0 Å². The van der Waals surface area contributed by atoms with Crippen molar-refractivity contribution < 1.29 is 9.53 Å². The summed E-state index contributed by atoms with van der Waals surface area (Å²) in [6.45, 7) is 3.92. The number of hydrogen-bond acceptors (Lipinski definition) is 3. The number of carbonyl (C=O) groups excluding carboxylic acids is 1. The minimum absolute atomic E-state index is 0.113. The Morgan fingerprint density at radius 1 is 1.16 bits per heavy atom. The summed E-state index contributed by atoms with van der Waals surface area (Å²) in [4.78, 5) is 13.7. The predicted octanol–water partition coefficient (Wildman–Crippen LogP) is 5.08. The van der Waals surface area contributed by atoms with Crippen LogP contribution in [0.15, 0.2) is 47.4 Å². The molecule has 0 radical (unpaired) electrons. The summed E-state index contributed by atoms with van der Waals surface area (Å²) < 4.78 is 6.03. The zero-order valence-electron chi connectivity index (χ0n) is 14.9. The predicted molar refractivity (Wildman–Crippen MR) is 105 cm³/mol. The van der Waals surface area contributed by atoms with Crippen LogP contribution in [0.5, 0.6) is 5.75 Å². The lowest BCUT2D eigenvalue weighted by Crippen LogP contribution is -2.30. The van der Waals surface area contributed by atoms with Crippen LogP contribution in [0.4, 0.5) is 5.69 Å². The van der Waals surface area contributed by atoms with Crippen LogP contribution in [-0.2, 0) is 17.6 Å². The van der Waals surface area contributed by atoms with Gasteiger partial charge in [0.2, 0.25) is 0 Å². The zero-order valence-corrected chi connectivity index (χ0v) is 15.7. The number of aryl methyl sites for hydroxylation is 1. The van der Waals surface area contributed by atoms with Gasteiger partial charge in [0.05, 0.1) is 5.69 Å². The summed E-state index contributed by atoms with van der Waals surface area (Å²) in [5.41, 5.74) is 3.49. The van der Waals surface area contributed by atoms with E-state index in [2.05, 4.69) is 18.3 Å². The number of nitrogens with one attached hydrogen (secondary N) is 1. The molecule has 1 N–H and O–H groups in total. The largest absolute Gasteiger partial charge is 0.481 e. The minimum atomic E-state index is -0.534. The fourth-order valence-electron chi connectivity index (χ4n) is 3.19. The van der Waals surface area contributed by atoms with E-state index in [-0.39, 0.29) is 5.91 Å². The number of rotatable bonds is 6. The average molecular weight is 356 g/mol. The quantitative estimate of drug-likeness (QED) is 0.734. The molecule has 25 heavy (non-hydrogen) atoms. The molecule has 1 unspecified atom stereocenters. The number of amides is 1. The van der Waals surface area contributed by atoms with Crippen molar-refractivity contribution in [2.24, 2.45) is 0 Å². The molecule has 0 aromatic heterocycles. The van der Waals surface area contributed by atoms with Crippen molar-refractivity contribution in [3.05, 3.63) is 53.6 Å². The van der Waals surface area contributed by atoms with E-state index in [0.29, 0.717) is 0 Å². The molecule has 0 heterocycles. The first-order valence-electron chi connectivity index (χ1n) is 8.99. The van der Waals surface area contributed by atoms with Crippen molar-refractivity contribution in [3.8, 4) is 5.75 Å². The number of ether oxygens (including phenoxy) is 1. The lowest BCUT2D eigenvalue weighted by Gasteiger charge is -2.22. The molecule has 3 nitrogen and oxygen atoms in total. The number of fused-ring (bicyclic) bond motifs is 1. The monoisotopic (exact) mass is 355 g/mol. The van der Waals surface area contributed by atoms with Gasteiger partial charge in [0.1, 0.15) is 5.75 Å². The highest BCUT2D eigenvalue weighted by molar-refractivity contribution is 7.99. The summed E-state index contributed by atoms with van der Waals surface area (Å²) in [7, 11) is 0. The van der Waals surface area contributed by atoms with E-state index in [9.17, 15) is 4.79 Å². The van der Waals surface area contributed by atoms with E-state index in [1.54, 1.807) is 11.8 Å². The van der Waals surface area contributed by atoms with Gasteiger partial charge in [0.15, 0.2) is 6.10 Å². The van der Waals surface area contributed by atoms with Crippen LogP contribution in [0.1, 0.15) is 37.8 Å². The van der Waals surface area contributed by atoms with Gasteiger partial charge in [-0.15, -0.1) is 11.8 Å². The maximum atomic E-state index is 12.6. The van der Waals surface area contributed by atoms with Gasteiger partial charge < -0.3 is 10.1 Å². The molecule has 1 aliphatic carbocycles. The second-order valence-electron chi connectivity index (χ2n) is 6.28. The van der Waals surface area contributed by atoms with Gasteiger partial charge >= 0.3 is 0 Å². The highest BCUT2D eigenvalue weighted by Gasteiger charge is 2.20. The highest BCUT2D eigenvalue weighted by Crippen LogP contribution is 2.31. The normalized spacial score (nSPS) is 14.5.